The molecule has 0 saturated carbocycles. The van der Waals surface area contributed by atoms with E-state index in [9.17, 15) is 4.79 Å². The van der Waals surface area contributed by atoms with Gasteiger partial charge in [-0.05, 0) is 25.8 Å². The van der Waals surface area contributed by atoms with E-state index in [2.05, 4.69) is 41.5 Å². The summed E-state index contributed by atoms with van der Waals surface area (Å²) >= 11 is 1.47. The van der Waals surface area contributed by atoms with E-state index in [4.69, 9.17) is 5.73 Å². The van der Waals surface area contributed by atoms with Crippen molar-refractivity contribution in [3.8, 4) is 11.3 Å². The van der Waals surface area contributed by atoms with Crippen molar-refractivity contribution in [2.24, 2.45) is 5.73 Å². The van der Waals surface area contributed by atoms with Gasteiger partial charge in [0.05, 0.1) is 11.7 Å². The third-order valence-corrected chi connectivity index (χ3v) is 4.09. The molecule has 6 heteroatoms. The third-order valence-electron chi connectivity index (χ3n) is 3.21. The number of hydrogen-bond donors (Lipinski definition) is 2. The van der Waals surface area contributed by atoms with Crippen LogP contribution < -0.4 is 11.1 Å². The highest BCUT2D eigenvalue weighted by molar-refractivity contribution is 7.16. The predicted octanol–water partition coefficient (Wildman–Crippen LogP) is 3.78. The van der Waals surface area contributed by atoms with Gasteiger partial charge in [0.15, 0.2) is 5.13 Å². The second-order valence-electron chi connectivity index (χ2n) is 5.15. The molecule has 1 heterocycles. The summed E-state index contributed by atoms with van der Waals surface area (Å²) < 4.78 is 0. The number of aromatic nitrogens is 1. The first-order chi connectivity index (χ1) is 10.0. The molecule has 1 atom stereocenters. The number of halogens is 1. The Kier molecular flexibility index (Phi) is 7.00. The van der Waals surface area contributed by atoms with E-state index in [1.807, 2.05) is 6.92 Å². The topological polar surface area (TPSA) is 68.0 Å². The van der Waals surface area contributed by atoms with Crippen LogP contribution in [0.1, 0.15) is 30.7 Å². The molecule has 120 valence electrons. The van der Waals surface area contributed by atoms with Crippen molar-refractivity contribution in [1.82, 2.24) is 4.98 Å². The molecule has 0 saturated heterocycles. The molecule has 0 spiro atoms. The zero-order valence-electron chi connectivity index (χ0n) is 13.1. The number of amides is 1. The fourth-order valence-electron chi connectivity index (χ4n) is 2.05. The molecule has 4 nitrogen and oxygen atoms in total. The number of thiazole rings is 1. The van der Waals surface area contributed by atoms with Crippen LogP contribution in [0.25, 0.3) is 11.3 Å². The largest absolute Gasteiger partial charge is 0.320 e. The quantitative estimate of drug-likeness (QED) is 0.871. The van der Waals surface area contributed by atoms with Gasteiger partial charge in [-0.15, -0.1) is 23.7 Å². The van der Waals surface area contributed by atoms with E-state index in [0.717, 1.165) is 29.0 Å². The second kappa shape index (κ2) is 8.27. The monoisotopic (exact) mass is 339 g/mol. The number of hydrogen-bond acceptors (Lipinski definition) is 4. The first-order valence-corrected chi connectivity index (χ1v) is 7.96. The first-order valence-electron chi connectivity index (χ1n) is 7.14. The van der Waals surface area contributed by atoms with Gasteiger partial charge < -0.3 is 11.1 Å². The predicted molar refractivity (Wildman–Crippen MR) is 95.8 cm³/mol. The molecule has 0 aliphatic carbocycles. The Morgan fingerprint density at radius 3 is 2.55 bits per heavy atom. The molecule has 2 aromatic rings. The molecule has 0 aliphatic heterocycles. The van der Waals surface area contributed by atoms with Crippen LogP contribution in [0.2, 0.25) is 0 Å². The normalized spacial score (nSPS) is 11.6. The summed E-state index contributed by atoms with van der Waals surface area (Å²) in [7, 11) is 0. The van der Waals surface area contributed by atoms with Crippen LogP contribution in [-0.2, 0) is 11.2 Å². The number of nitrogens with one attached hydrogen (secondary N) is 1. The number of carbonyl (C=O) groups is 1. The molecule has 1 aromatic carbocycles. The number of benzene rings is 1. The van der Waals surface area contributed by atoms with Crippen LogP contribution in [-0.4, -0.2) is 16.9 Å². The van der Waals surface area contributed by atoms with Crippen molar-refractivity contribution < 1.29 is 4.79 Å². The molecule has 22 heavy (non-hydrogen) atoms. The molecule has 0 radical (unpaired) electrons. The zero-order chi connectivity index (χ0) is 15.4. The summed E-state index contributed by atoms with van der Waals surface area (Å²) in [6.45, 7) is 5.84. The average molecular weight is 340 g/mol. The fourth-order valence-corrected chi connectivity index (χ4v) is 2.89. The van der Waals surface area contributed by atoms with E-state index >= 15 is 0 Å². The fraction of sp³-hybridized carbons (Fsp3) is 0.375. The lowest BCUT2D eigenvalue weighted by atomic mass is 10.1. The van der Waals surface area contributed by atoms with Crippen molar-refractivity contribution in [2.45, 2.75) is 39.7 Å². The van der Waals surface area contributed by atoms with Crippen LogP contribution in [0.3, 0.4) is 0 Å². The smallest absolute Gasteiger partial charge is 0.242 e. The van der Waals surface area contributed by atoms with Gasteiger partial charge in [-0.25, -0.2) is 4.98 Å². The number of carbonyl (C=O) groups excluding carboxylic acids is 1. The minimum atomic E-state index is -0.536. The Morgan fingerprint density at radius 2 is 2.00 bits per heavy atom. The van der Waals surface area contributed by atoms with Gasteiger partial charge in [0.1, 0.15) is 0 Å². The standard InChI is InChI=1S/C16H21N3OS.ClH/c1-4-5-12-6-8-13(9-7-12)14-11(3)21-16(18-14)19-15(20)10(2)17;/h6-10H,4-5,17H2,1-3H3,(H,18,19,20);1H/t10-;/m1./s1. The summed E-state index contributed by atoms with van der Waals surface area (Å²) in [5, 5.41) is 3.35. The molecule has 0 bridgehead atoms. The minimum Gasteiger partial charge on any atom is -0.320 e. The number of anilines is 1. The second-order valence-corrected chi connectivity index (χ2v) is 6.35. The van der Waals surface area contributed by atoms with Gasteiger partial charge in [0.25, 0.3) is 0 Å². The molecule has 0 unspecified atom stereocenters. The van der Waals surface area contributed by atoms with Crippen LogP contribution in [0.15, 0.2) is 24.3 Å². The molecule has 1 amide bonds. The molecule has 3 N–H and O–H groups in total. The molecule has 1 aromatic heterocycles. The molecule has 0 fully saturated rings. The minimum absolute atomic E-state index is 0. The Hall–Kier alpha value is -1.43. The lowest BCUT2D eigenvalue weighted by Gasteiger charge is -2.04. The van der Waals surface area contributed by atoms with Crippen LogP contribution in [0.4, 0.5) is 5.13 Å². The number of aryl methyl sites for hydroxylation is 2. The maximum Gasteiger partial charge on any atom is 0.242 e. The Bertz CT molecular complexity index is 623. The van der Waals surface area contributed by atoms with Crippen LogP contribution in [0.5, 0.6) is 0 Å². The van der Waals surface area contributed by atoms with Crippen LogP contribution in [0, 0.1) is 6.92 Å². The summed E-state index contributed by atoms with van der Waals surface area (Å²) in [5.41, 5.74) is 8.88. The molecular formula is C16H22ClN3OS. The summed E-state index contributed by atoms with van der Waals surface area (Å²) in [5.74, 6) is -0.214. The summed E-state index contributed by atoms with van der Waals surface area (Å²) in [4.78, 5) is 17.2. The highest BCUT2D eigenvalue weighted by atomic mass is 35.5. The van der Waals surface area contributed by atoms with Gasteiger partial charge in [-0.1, -0.05) is 37.6 Å². The highest BCUT2D eigenvalue weighted by Crippen LogP contribution is 2.30. The molecule has 0 aliphatic rings. The lowest BCUT2D eigenvalue weighted by Crippen LogP contribution is -2.32. The SMILES string of the molecule is CCCc1ccc(-c2nc(NC(=O)[C@@H](C)N)sc2C)cc1.Cl. The molecular weight excluding hydrogens is 318 g/mol. The van der Waals surface area contributed by atoms with Gasteiger partial charge >= 0.3 is 0 Å². The molecule has 2 rings (SSSR count). The lowest BCUT2D eigenvalue weighted by molar-refractivity contribution is -0.117. The van der Waals surface area contributed by atoms with Crippen molar-refractivity contribution in [3.63, 3.8) is 0 Å². The van der Waals surface area contributed by atoms with Crippen molar-refractivity contribution >= 4 is 34.8 Å². The van der Waals surface area contributed by atoms with E-state index in [1.165, 1.54) is 16.9 Å². The number of rotatable bonds is 5. The van der Waals surface area contributed by atoms with Crippen LogP contribution >= 0.6 is 23.7 Å². The first kappa shape index (κ1) is 18.6. The maximum absolute atomic E-state index is 11.6. The number of nitrogens with zero attached hydrogens (tertiary/aromatic N) is 1. The maximum atomic E-state index is 11.6. The van der Waals surface area contributed by atoms with Gasteiger partial charge in [-0.3, -0.25) is 4.79 Å². The van der Waals surface area contributed by atoms with Crippen molar-refractivity contribution in [3.05, 3.63) is 34.7 Å². The number of nitrogens with two attached hydrogens (primary N) is 1. The van der Waals surface area contributed by atoms with Gasteiger partial charge in [0.2, 0.25) is 5.91 Å². The Morgan fingerprint density at radius 1 is 1.36 bits per heavy atom. The van der Waals surface area contributed by atoms with Crippen molar-refractivity contribution in [1.29, 1.82) is 0 Å². The van der Waals surface area contributed by atoms with E-state index < -0.39 is 6.04 Å². The van der Waals surface area contributed by atoms with E-state index in [-0.39, 0.29) is 18.3 Å². The van der Waals surface area contributed by atoms with Gasteiger partial charge in [-0.2, -0.15) is 0 Å². The van der Waals surface area contributed by atoms with E-state index in [0.29, 0.717) is 5.13 Å². The average Bonchev–Trinajstić information content (AvgIpc) is 2.80. The van der Waals surface area contributed by atoms with Gasteiger partial charge in [0, 0.05) is 10.4 Å². The van der Waals surface area contributed by atoms with Crippen molar-refractivity contribution in [2.75, 3.05) is 5.32 Å². The summed E-state index contributed by atoms with van der Waals surface area (Å²) in [6, 6.07) is 7.91. The zero-order valence-corrected chi connectivity index (χ0v) is 14.7. The summed E-state index contributed by atoms with van der Waals surface area (Å²) in [6.07, 6.45) is 2.23. The van der Waals surface area contributed by atoms with E-state index in [1.54, 1.807) is 6.92 Å². The Labute approximate surface area is 141 Å². The Balaban J connectivity index is 0.00000242. The third kappa shape index (κ3) is 4.53. The highest BCUT2D eigenvalue weighted by Gasteiger charge is 2.13.